The number of aromatic nitrogens is 1. The van der Waals surface area contributed by atoms with Gasteiger partial charge in [-0.2, -0.15) is 0 Å². The number of ketones is 1. The largest absolute Gasteiger partial charge is 0.434 e. The third kappa shape index (κ3) is 5.24. The van der Waals surface area contributed by atoms with Crippen LogP contribution in [-0.4, -0.2) is 36.8 Å². The van der Waals surface area contributed by atoms with Gasteiger partial charge in [0.15, 0.2) is 5.58 Å². The molecule has 0 fully saturated rings. The average Bonchev–Trinajstić information content (AvgIpc) is 2.96. The predicted molar refractivity (Wildman–Crippen MR) is 101 cm³/mol. The van der Waals surface area contributed by atoms with E-state index in [1.807, 2.05) is 19.1 Å². The minimum absolute atomic E-state index is 0.0266. The molecule has 0 unspecified atom stereocenters. The lowest BCUT2D eigenvalue weighted by Gasteiger charge is -2.23. The van der Waals surface area contributed by atoms with Crippen LogP contribution in [0.5, 0.6) is 0 Å². The van der Waals surface area contributed by atoms with Crippen molar-refractivity contribution in [1.29, 1.82) is 0 Å². The SMILES string of the molecule is CCC[C@H](NC(=O)[C@H](N)C[Si](C)(C)C)C(=O)c1nc2ccccc2o1. The summed E-state index contributed by atoms with van der Waals surface area (Å²) in [7, 11) is -1.47. The van der Waals surface area contributed by atoms with E-state index >= 15 is 0 Å². The van der Waals surface area contributed by atoms with E-state index in [1.54, 1.807) is 12.1 Å². The number of nitrogens with two attached hydrogens (primary N) is 1. The van der Waals surface area contributed by atoms with Gasteiger partial charge in [0, 0.05) is 8.07 Å². The molecule has 2 aromatic rings. The zero-order chi connectivity index (χ0) is 18.6. The van der Waals surface area contributed by atoms with Gasteiger partial charge in [0.05, 0.1) is 12.1 Å². The minimum atomic E-state index is -1.47. The molecule has 7 heteroatoms. The average molecular weight is 362 g/mol. The zero-order valence-electron chi connectivity index (χ0n) is 15.3. The number of nitrogens with one attached hydrogen (secondary N) is 1. The third-order valence-corrected chi connectivity index (χ3v) is 5.55. The van der Waals surface area contributed by atoms with Crippen LogP contribution in [0.2, 0.25) is 25.7 Å². The van der Waals surface area contributed by atoms with Crippen molar-refractivity contribution < 1.29 is 14.0 Å². The van der Waals surface area contributed by atoms with E-state index in [1.165, 1.54) is 0 Å². The lowest BCUT2D eigenvalue weighted by molar-refractivity contribution is -0.122. The summed E-state index contributed by atoms with van der Waals surface area (Å²) >= 11 is 0. The normalized spacial score (nSPS) is 14.3. The lowest BCUT2D eigenvalue weighted by Crippen LogP contribution is -2.50. The Kier molecular flexibility index (Phi) is 6.13. The highest BCUT2D eigenvalue weighted by Crippen LogP contribution is 2.17. The first-order valence-electron chi connectivity index (χ1n) is 8.67. The summed E-state index contributed by atoms with van der Waals surface area (Å²) in [5.74, 6) is -0.573. The van der Waals surface area contributed by atoms with Gasteiger partial charge in [0.25, 0.3) is 5.89 Å². The Morgan fingerprint density at radius 1 is 1.28 bits per heavy atom. The third-order valence-electron chi connectivity index (χ3n) is 3.88. The molecule has 2 rings (SSSR count). The van der Waals surface area contributed by atoms with Gasteiger partial charge in [-0.05, 0) is 24.6 Å². The molecule has 1 aromatic carbocycles. The van der Waals surface area contributed by atoms with Crippen LogP contribution in [0.15, 0.2) is 28.7 Å². The lowest BCUT2D eigenvalue weighted by atomic mass is 10.1. The Morgan fingerprint density at radius 2 is 1.96 bits per heavy atom. The van der Waals surface area contributed by atoms with Crippen LogP contribution in [0.1, 0.15) is 30.5 Å². The zero-order valence-corrected chi connectivity index (χ0v) is 16.3. The fourth-order valence-corrected chi connectivity index (χ4v) is 4.22. The molecular formula is C18H27N3O3Si. The molecular weight excluding hydrogens is 334 g/mol. The summed E-state index contributed by atoms with van der Waals surface area (Å²) in [6, 6.07) is 6.61. The van der Waals surface area contributed by atoms with E-state index in [4.69, 9.17) is 10.2 Å². The van der Waals surface area contributed by atoms with E-state index in [-0.39, 0.29) is 17.6 Å². The van der Waals surface area contributed by atoms with E-state index in [0.717, 1.165) is 6.42 Å². The summed E-state index contributed by atoms with van der Waals surface area (Å²) in [4.78, 5) is 29.4. The van der Waals surface area contributed by atoms with Crippen molar-refractivity contribution in [2.24, 2.45) is 5.73 Å². The molecule has 0 bridgehead atoms. The van der Waals surface area contributed by atoms with Crippen molar-refractivity contribution in [3.63, 3.8) is 0 Å². The first-order chi connectivity index (χ1) is 11.7. The fourth-order valence-electron chi connectivity index (χ4n) is 2.72. The van der Waals surface area contributed by atoms with Crippen LogP contribution >= 0.6 is 0 Å². The topological polar surface area (TPSA) is 98.2 Å². The summed E-state index contributed by atoms with van der Waals surface area (Å²) in [5.41, 5.74) is 7.21. The van der Waals surface area contributed by atoms with Crippen molar-refractivity contribution in [1.82, 2.24) is 10.3 Å². The summed E-state index contributed by atoms with van der Waals surface area (Å²) in [5, 5.41) is 2.79. The molecule has 0 aliphatic heterocycles. The van der Waals surface area contributed by atoms with Crippen LogP contribution in [0.3, 0.4) is 0 Å². The quantitative estimate of drug-likeness (QED) is 0.556. The second-order valence-corrected chi connectivity index (χ2v) is 13.1. The Bertz CT molecular complexity index is 718. The van der Waals surface area contributed by atoms with Crippen molar-refractivity contribution >= 4 is 30.9 Å². The number of benzene rings is 1. The van der Waals surface area contributed by atoms with Gasteiger partial charge in [-0.25, -0.2) is 4.98 Å². The van der Waals surface area contributed by atoms with Gasteiger partial charge in [-0.1, -0.05) is 45.1 Å². The second-order valence-electron chi connectivity index (χ2n) is 7.57. The van der Waals surface area contributed by atoms with E-state index in [0.29, 0.717) is 23.6 Å². The monoisotopic (exact) mass is 361 g/mol. The highest BCUT2D eigenvalue weighted by atomic mass is 28.3. The first kappa shape index (κ1) is 19.3. The molecule has 136 valence electrons. The molecule has 0 saturated heterocycles. The molecule has 0 radical (unpaired) electrons. The van der Waals surface area contributed by atoms with Crippen LogP contribution < -0.4 is 11.1 Å². The Morgan fingerprint density at radius 3 is 2.56 bits per heavy atom. The highest BCUT2D eigenvalue weighted by molar-refractivity contribution is 6.76. The van der Waals surface area contributed by atoms with Gasteiger partial charge in [-0.15, -0.1) is 0 Å². The number of nitrogens with zero attached hydrogens (tertiary/aromatic N) is 1. The number of oxazole rings is 1. The maximum atomic E-state index is 12.7. The number of carbonyl (C=O) groups excluding carboxylic acids is 2. The molecule has 1 amide bonds. The number of fused-ring (bicyclic) bond motifs is 1. The summed E-state index contributed by atoms with van der Waals surface area (Å²) < 4.78 is 5.54. The number of Topliss-reactive ketones (excluding diaryl/α,β-unsaturated/α-hetero) is 1. The van der Waals surface area contributed by atoms with Crippen LogP contribution in [0.25, 0.3) is 11.1 Å². The molecule has 0 saturated carbocycles. The van der Waals surface area contributed by atoms with Crippen molar-refractivity contribution in [2.45, 2.75) is 57.5 Å². The molecule has 1 aromatic heterocycles. The highest BCUT2D eigenvalue weighted by Gasteiger charge is 2.29. The molecule has 2 atom stereocenters. The standard InChI is InChI=1S/C18H27N3O3Si/c1-5-8-14(20-17(23)12(19)11-25(2,3)4)16(22)18-21-13-9-6-7-10-15(13)24-18/h6-7,9-10,12,14H,5,8,11,19H2,1-4H3,(H,20,23)/t12-,14+/m1/s1. The second kappa shape index (κ2) is 7.92. The molecule has 1 heterocycles. The van der Waals surface area contributed by atoms with Gasteiger partial charge < -0.3 is 15.5 Å². The maximum absolute atomic E-state index is 12.7. The Hall–Kier alpha value is -1.99. The number of hydrogen-bond donors (Lipinski definition) is 2. The van der Waals surface area contributed by atoms with Gasteiger partial charge >= 0.3 is 0 Å². The maximum Gasteiger partial charge on any atom is 0.266 e. The van der Waals surface area contributed by atoms with E-state index in [2.05, 4.69) is 29.9 Å². The molecule has 6 nitrogen and oxygen atoms in total. The Balaban J connectivity index is 2.13. The fraction of sp³-hybridized carbons (Fsp3) is 0.500. The number of rotatable bonds is 8. The van der Waals surface area contributed by atoms with Crippen molar-refractivity contribution in [3.05, 3.63) is 30.2 Å². The van der Waals surface area contributed by atoms with Crippen LogP contribution in [-0.2, 0) is 4.79 Å². The van der Waals surface area contributed by atoms with Crippen LogP contribution in [0, 0.1) is 0 Å². The number of hydrogen-bond acceptors (Lipinski definition) is 5. The number of carbonyl (C=O) groups is 2. The van der Waals surface area contributed by atoms with Crippen LogP contribution in [0.4, 0.5) is 0 Å². The summed E-state index contributed by atoms with van der Waals surface area (Å²) in [6.07, 6.45) is 1.27. The smallest absolute Gasteiger partial charge is 0.266 e. The van der Waals surface area contributed by atoms with Gasteiger partial charge in [0.1, 0.15) is 5.52 Å². The van der Waals surface area contributed by atoms with Crippen molar-refractivity contribution in [3.8, 4) is 0 Å². The summed E-state index contributed by atoms with van der Waals surface area (Å²) in [6.45, 7) is 8.44. The van der Waals surface area contributed by atoms with Gasteiger partial charge in [-0.3, -0.25) is 9.59 Å². The predicted octanol–water partition coefficient (Wildman–Crippen LogP) is 2.96. The Labute approximate surface area is 149 Å². The van der Waals surface area contributed by atoms with E-state index < -0.39 is 20.2 Å². The van der Waals surface area contributed by atoms with Crippen molar-refractivity contribution in [2.75, 3.05) is 0 Å². The van der Waals surface area contributed by atoms with E-state index in [9.17, 15) is 9.59 Å². The molecule has 0 spiro atoms. The number of para-hydroxylation sites is 2. The molecule has 3 N–H and O–H groups in total. The molecule has 25 heavy (non-hydrogen) atoms. The molecule has 0 aliphatic carbocycles. The number of amides is 1. The van der Waals surface area contributed by atoms with Gasteiger partial charge in [0.2, 0.25) is 11.7 Å². The minimum Gasteiger partial charge on any atom is -0.434 e. The molecule has 0 aliphatic rings. The first-order valence-corrected chi connectivity index (χ1v) is 12.4.